The molecule has 138 valence electrons. The highest BCUT2D eigenvalue weighted by molar-refractivity contribution is 8.14. The first kappa shape index (κ1) is 20.7. The fraction of sp³-hybridized carbons (Fsp3) is 0.529. The van der Waals surface area contributed by atoms with Crippen LogP contribution in [-0.4, -0.2) is 40.9 Å². The molecule has 8 heteroatoms. The summed E-state index contributed by atoms with van der Waals surface area (Å²) in [5, 5.41) is 4.97. The number of amides is 1. The lowest BCUT2D eigenvalue weighted by atomic mass is 10.2. The average Bonchev–Trinajstić information content (AvgIpc) is 3.11. The fourth-order valence-electron chi connectivity index (χ4n) is 3.11. The van der Waals surface area contributed by atoms with Crippen molar-refractivity contribution in [2.24, 2.45) is 4.99 Å². The van der Waals surface area contributed by atoms with E-state index < -0.39 is 0 Å². The van der Waals surface area contributed by atoms with Gasteiger partial charge in [-0.05, 0) is 31.0 Å². The Labute approximate surface area is 169 Å². The van der Waals surface area contributed by atoms with Gasteiger partial charge >= 0.3 is 0 Å². The maximum atomic E-state index is 12.3. The molecule has 1 heterocycles. The Morgan fingerprint density at radius 1 is 1.28 bits per heavy atom. The van der Waals surface area contributed by atoms with Gasteiger partial charge in [-0.25, -0.2) is 0 Å². The molecule has 0 radical (unpaired) electrons. The van der Waals surface area contributed by atoms with Crippen LogP contribution in [0.1, 0.15) is 32.1 Å². The first-order chi connectivity index (χ1) is 11.5. The second-order valence-electron chi connectivity index (χ2n) is 6.34. The monoisotopic (exact) mass is 421 g/mol. The topological polar surface area (TPSA) is 44.7 Å². The lowest BCUT2D eigenvalue weighted by Crippen LogP contribution is -2.34. The standard InChI is InChI=1S/C17H21Cl2N3OS.ClH/c1-22-15(10-24-17(22)21-13-4-2-3-5-13)9-16(23)20-14-7-11(18)6-12(19)8-14;/h6-8,13,15H,2-5,9-10H2,1H3,(H,20,23);1H. The predicted octanol–water partition coefficient (Wildman–Crippen LogP) is 5.09. The van der Waals surface area contributed by atoms with Gasteiger partial charge in [-0.2, -0.15) is 0 Å². The van der Waals surface area contributed by atoms with Crippen LogP contribution in [0.2, 0.25) is 10.0 Å². The molecule has 1 N–H and O–H groups in total. The minimum absolute atomic E-state index is 0. The van der Waals surface area contributed by atoms with E-state index in [4.69, 9.17) is 28.2 Å². The van der Waals surface area contributed by atoms with Gasteiger partial charge < -0.3 is 10.2 Å². The van der Waals surface area contributed by atoms with Crippen molar-refractivity contribution in [3.8, 4) is 0 Å². The molecule has 1 aliphatic heterocycles. The maximum Gasteiger partial charge on any atom is 0.226 e. The average molecular weight is 423 g/mol. The number of carbonyl (C=O) groups is 1. The number of hydrogen-bond donors (Lipinski definition) is 1. The van der Waals surface area contributed by atoms with Gasteiger partial charge in [0.25, 0.3) is 0 Å². The number of thioether (sulfide) groups is 1. The van der Waals surface area contributed by atoms with Crippen LogP contribution < -0.4 is 5.32 Å². The number of benzene rings is 1. The molecule has 1 atom stereocenters. The van der Waals surface area contributed by atoms with Crippen molar-refractivity contribution in [2.75, 3.05) is 18.1 Å². The van der Waals surface area contributed by atoms with Gasteiger partial charge in [0.2, 0.25) is 5.91 Å². The molecule has 1 saturated heterocycles. The lowest BCUT2D eigenvalue weighted by molar-refractivity contribution is -0.116. The normalized spacial score (nSPS) is 22.3. The van der Waals surface area contributed by atoms with E-state index in [1.807, 2.05) is 7.05 Å². The smallest absolute Gasteiger partial charge is 0.226 e. The summed E-state index contributed by atoms with van der Waals surface area (Å²) < 4.78 is 0. The molecular formula is C17H22Cl3N3OS. The Bertz CT molecular complexity index is 630. The number of nitrogens with zero attached hydrogens (tertiary/aromatic N) is 2. The fourth-order valence-corrected chi connectivity index (χ4v) is 4.89. The van der Waals surface area contributed by atoms with E-state index in [2.05, 4.69) is 10.2 Å². The van der Waals surface area contributed by atoms with Crippen molar-refractivity contribution in [3.05, 3.63) is 28.2 Å². The Morgan fingerprint density at radius 2 is 1.92 bits per heavy atom. The highest BCUT2D eigenvalue weighted by Crippen LogP contribution is 2.29. The number of anilines is 1. The number of hydrogen-bond acceptors (Lipinski definition) is 3. The van der Waals surface area contributed by atoms with Crippen molar-refractivity contribution >= 4 is 64.1 Å². The van der Waals surface area contributed by atoms with Crippen LogP contribution in [0.4, 0.5) is 5.69 Å². The summed E-state index contributed by atoms with van der Waals surface area (Å²) in [6.45, 7) is 0. The predicted molar refractivity (Wildman–Crippen MR) is 111 cm³/mol. The molecule has 0 aromatic heterocycles. The summed E-state index contributed by atoms with van der Waals surface area (Å²) >= 11 is 13.7. The van der Waals surface area contributed by atoms with Gasteiger partial charge in [0.1, 0.15) is 0 Å². The summed E-state index contributed by atoms with van der Waals surface area (Å²) in [5.74, 6) is 0.860. The molecule has 1 aromatic carbocycles. The van der Waals surface area contributed by atoms with E-state index in [1.54, 1.807) is 30.0 Å². The van der Waals surface area contributed by atoms with E-state index in [9.17, 15) is 4.79 Å². The van der Waals surface area contributed by atoms with Crippen molar-refractivity contribution in [2.45, 2.75) is 44.2 Å². The second kappa shape index (κ2) is 9.36. The third-order valence-electron chi connectivity index (χ3n) is 4.44. The molecule has 2 fully saturated rings. The minimum Gasteiger partial charge on any atom is -0.350 e. The van der Waals surface area contributed by atoms with Crippen LogP contribution in [0.5, 0.6) is 0 Å². The van der Waals surface area contributed by atoms with Gasteiger partial charge in [-0.15, -0.1) is 12.4 Å². The zero-order valence-corrected chi connectivity index (χ0v) is 17.1. The quantitative estimate of drug-likeness (QED) is 0.735. The molecule has 3 rings (SSSR count). The molecular weight excluding hydrogens is 401 g/mol. The summed E-state index contributed by atoms with van der Waals surface area (Å²) in [4.78, 5) is 19.3. The first-order valence-corrected chi connectivity index (χ1v) is 9.95. The van der Waals surface area contributed by atoms with E-state index in [-0.39, 0.29) is 24.4 Å². The third kappa shape index (κ3) is 5.68. The van der Waals surface area contributed by atoms with Crippen LogP contribution in [-0.2, 0) is 4.79 Å². The zero-order chi connectivity index (χ0) is 17.1. The zero-order valence-electron chi connectivity index (χ0n) is 14.0. The molecule has 4 nitrogen and oxygen atoms in total. The molecule has 1 amide bonds. The van der Waals surface area contributed by atoms with Crippen LogP contribution in [0.15, 0.2) is 23.2 Å². The van der Waals surface area contributed by atoms with Gasteiger partial charge in [-0.1, -0.05) is 47.8 Å². The highest BCUT2D eigenvalue weighted by atomic mass is 35.5. The third-order valence-corrected chi connectivity index (χ3v) is 6.08. The molecule has 1 aliphatic carbocycles. The van der Waals surface area contributed by atoms with Crippen molar-refractivity contribution in [1.82, 2.24) is 4.90 Å². The molecule has 1 saturated carbocycles. The number of halogens is 3. The number of aliphatic imine (C=N–C) groups is 1. The van der Waals surface area contributed by atoms with E-state index >= 15 is 0 Å². The van der Waals surface area contributed by atoms with Crippen LogP contribution in [0.3, 0.4) is 0 Å². The second-order valence-corrected chi connectivity index (χ2v) is 8.20. The number of nitrogens with one attached hydrogen (secondary N) is 1. The van der Waals surface area contributed by atoms with Gasteiger partial charge in [0.15, 0.2) is 5.17 Å². The van der Waals surface area contributed by atoms with Crippen molar-refractivity contribution in [3.63, 3.8) is 0 Å². The molecule has 1 unspecified atom stereocenters. The Hall–Kier alpha value is -0.620. The molecule has 25 heavy (non-hydrogen) atoms. The SMILES string of the molecule is CN1C(=NC2CCCC2)SCC1CC(=O)Nc1cc(Cl)cc(Cl)c1.Cl. The minimum atomic E-state index is -0.0344. The molecule has 2 aliphatic rings. The van der Waals surface area contributed by atoms with Crippen LogP contribution in [0, 0.1) is 0 Å². The van der Waals surface area contributed by atoms with Crippen LogP contribution >= 0.6 is 47.4 Å². The summed E-state index contributed by atoms with van der Waals surface area (Å²) in [7, 11) is 2.03. The summed E-state index contributed by atoms with van der Waals surface area (Å²) in [6, 6.07) is 5.68. The van der Waals surface area contributed by atoms with E-state index in [1.165, 1.54) is 25.7 Å². The van der Waals surface area contributed by atoms with Crippen LogP contribution in [0.25, 0.3) is 0 Å². The van der Waals surface area contributed by atoms with Crippen molar-refractivity contribution < 1.29 is 4.79 Å². The molecule has 1 aromatic rings. The Kier molecular flexibility index (Phi) is 7.74. The summed E-state index contributed by atoms with van der Waals surface area (Å²) in [5.41, 5.74) is 0.630. The van der Waals surface area contributed by atoms with Gasteiger partial charge in [-0.3, -0.25) is 9.79 Å². The number of amidine groups is 1. The highest BCUT2D eigenvalue weighted by Gasteiger charge is 2.30. The lowest BCUT2D eigenvalue weighted by Gasteiger charge is -2.21. The number of carbonyl (C=O) groups excluding carboxylic acids is 1. The number of rotatable bonds is 4. The Morgan fingerprint density at radius 3 is 2.56 bits per heavy atom. The molecule has 0 bridgehead atoms. The largest absolute Gasteiger partial charge is 0.350 e. The first-order valence-electron chi connectivity index (χ1n) is 8.20. The van der Waals surface area contributed by atoms with Crippen molar-refractivity contribution in [1.29, 1.82) is 0 Å². The maximum absolute atomic E-state index is 12.3. The van der Waals surface area contributed by atoms with E-state index in [0.29, 0.717) is 28.2 Å². The molecule has 0 spiro atoms. The van der Waals surface area contributed by atoms with Gasteiger partial charge in [0.05, 0.1) is 6.04 Å². The van der Waals surface area contributed by atoms with E-state index in [0.717, 1.165) is 10.9 Å². The summed E-state index contributed by atoms with van der Waals surface area (Å²) in [6.07, 6.45) is 5.38. The Balaban J connectivity index is 0.00000225. The van der Waals surface area contributed by atoms with Gasteiger partial charge in [0, 0.05) is 41.0 Å².